The molecule has 1 aliphatic carbocycles. The minimum absolute atomic E-state index is 0.311. The van der Waals surface area contributed by atoms with Gasteiger partial charge in [0.25, 0.3) is 0 Å². The van der Waals surface area contributed by atoms with Crippen LogP contribution in [0.1, 0.15) is 17.2 Å². The molecule has 0 saturated carbocycles. The molecule has 1 heterocycles. The Morgan fingerprint density at radius 3 is 2.72 bits per heavy atom. The molecular formula is C12H13N3O2S. The van der Waals surface area contributed by atoms with E-state index in [1.807, 2.05) is 30.3 Å². The molecule has 6 heteroatoms. The van der Waals surface area contributed by atoms with Crippen LogP contribution in [0.4, 0.5) is 0 Å². The molecule has 0 radical (unpaired) electrons. The summed E-state index contributed by atoms with van der Waals surface area (Å²) in [7, 11) is -0.531. The summed E-state index contributed by atoms with van der Waals surface area (Å²) in [5, 5.41) is 4.02. The Morgan fingerprint density at radius 1 is 1.28 bits per heavy atom. The molecule has 3 rings (SSSR count). The normalized spacial score (nSPS) is 21.2. The highest BCUT2D eigenvalue weighted by molar-refractivity contribution is 7.86. The van der Waals surface area contributed by atoms with Crippen molar-refractivity contribution < 1.29 is 8.42 Å². The van der Waals surface area contributed by atoms with Crippen LogP contribution in [0.3, 0.4) is 0 Å². The summed E-state index contributed by atoms with van der Waals surface area (Å²) in [5.74, 6) is 0. The summed E-state index contributed by atoms with van der Waals surface area (Å²) in [4.78, 5) is 0. The second kappa shape index (κ2) is 3.66. The quantitative estimate of drug-likeness (QED) is 0.806. The molecule has 18 heavy (non-hydrogen) atoms. The number of nitrogens with zero attached hydrogens (tertiary/aromatic N) is 3. The molecule has 5 nitrogen and oxygen atoms in total. The molecule has 0 aromatic heterocycles. The van der Waals surface area contributed by atoms with Crippen LogP contribution >= 0.6 is 0 Å². The molecule has 1 aliphatic heterocycles. The molecule has 2 aliphatic rings. The van der Waals surface area contributed by atoms with Crippen LogP contribution in [0, 0.1) is 0 Å². The Labute approximate surface area is 106 Å². The van der Waals surface area contributed by atoms with Crippen molar-refractivity contribution in [1.82, 2.24) is 8.72 Å². The Morgan fingerprint density at radius 2 is 2.00 bits per heavy atom. The third-order valence-electron chi connectivity index (χ3n) is 3.17. The monoisotopic (exact) mass is 263 g/mol. The van der Waals surface area contributed by atoms with Gasteiger partial charge in [0, 0.05) is 19.7 Å². The first-order chi connectivity index (χ1) is 8.51. The molecule has 0 N–H and O–H groups in total. The number of benzene rings is 1. The number of hydrogen-bond donors (Lipinski definition) is 0. The van der Waals surface area contributed by atoms with Crippen molar-refractivity contribution in [1.29, 1.82) is 0 Å². The summed E-state index contributed by atoms with van der Waals surface area (Å²) in [6, 6.07) is 7.46. The van der Waals surface area contributed by atoms with Gasteiger partial charge in [0.05, 0.1) is 6.21 Å². The second-order valence-electron chi connectivity index (χ2n) is 4.48. The van der Waals surface area contributed by atoms with Gasteiger partial charge in [0.2, 0.25) is 0 Å². The van der Waals surface area contributed by atoms with E-state index in [2.05, 4.69) is 5.10 Å². The second-order valence-corrected chi connectivity index (χ2v) is 6.48. The third-order valence-corrected chi connectivity index (χ3v) is 4.87. The Bertz CT molecular complexity index is 662. The summed E-state index contributed by atoms with van der Waals surface area (Å²) in [6.07, 6.45) is 3.60. The Kier molecular flexibility index (Phi) is 2.33. The van der Waals surface area contributed by atoms with Crippen molar-refractivity contribution in [2.75, 3.05) is 14.1 Å². The van der Waals surface area contributed by atoms with Crippen LogP contribution in [-0.2, 0) is 10.2 Å². The maximum Gasteiger partial charge on any atom is 0.319 e. The molecule has 0 fully saturated rings. The molecule has 1 aromatic carbocycles. The predicted molar refractivity (Wildman–Crippen MR) is 70.1 cm³/mol. The van der Waals surface area contributed by atoms with Gasteiger partial charge in [-0.2, -0.15) is 22.2 Å². The zero-order valence-corrected chi connectivity index (χ0v) is 10.9. The van der Waals surface area contributed by atoms with Gasteiger partial charge in [-0.05, 0) is 17.2 Å². The van der Waals surface area contributed by atoms with Crippen LogP contribution in [0.15, 0.2) is 34.9 Å². The standard InChI is InChI=1S/C12H13N3O2S/c1-14(2)18(16,17)15-12-10(8-13-15)7-9-5-3-4-6-11(9)12/h3-8,12H,1-2H3. The first-order valence-corrected chi connectivity index (χ1v) is 6.98. The molecule has 1 aromatic rings. The van der Waals surface area contributed by atoms with Gasteiger partial charge < -0.3 is 0 Å². The summed E-state index contributed by atoms with van der Waals surface area (Å²) < 4.78 is 26.7. The van der Waals surface area contributed by atoms with E-state index in [0.29, 0.717) is 0 Å². The van der Waals surface area contributed by atoms with Gasteiger partial charge in [0.1, 0.15) is 6.04 Å². The fourth-order valence-electron chi connectivity index (χ4n) is 2.23. The van der Waals surface area contributed by atoms with Crippen LogP contribution in [0.2, 0.25) is 0 Å². The maximum atomic E-state index is 12.2. The fraction of sp³-hybridized carbons (Fsp3) is 0.250. The van der Waals surface area contributed by atoms with Crippen molar-refractivity contribution in [3.8, 4) is 0 Å². The number of hydrogen-bond acceptors (Lipinski definition) is 3. The van der Waals surface area contributed by atoms with E-state index < -0.39 is 10.2 Å². The van der Waals surface area contributed by atoms with Crippen LogP contribution in [-0.4, -0.2) is 37.4 Å². The number of hydrazone groups is 1. The minimum atomic E-state index is -3.55. The molecule has 0 amide bonds. The lowest BCUT2D eigenvalue weighted by Crippen LogP contribution is -2.37. The van der Waals surface area contributed by atoms with Gasteiger partial charge in [-0.15, -0.1) is 0 Å². The van der Waals surface area contributed by atoms with Gasteiger partial charge in [0.15, 0.2) is 0 Å². The first-order valence-electron chi connectivity index (χ1n) is 5.58. The van der Waals surface area contributed by atoms with E-state index in [4.69, 9.17) is 0 Å². The largest absolute Gasteiger partial charge is 0.319 e. The summed E-state index contributed by atoms with van der Waals surface area (Å²) in [6.45, 7) is 0. The highest BCUT2D eigenvalue weighted by atomic mass is 32.2. The highest BCUT2D eigenvalue weighted by Crippen LogP contribution is 2.42. The van der Waals surface area contributed by atoms with Crippen LogP contribution < -0.4 is 0 Å². The van der Waals surface area contributed by atoms with Gasteiger partial charge in [-0.25, -0.2) is 0 Å². The van der Waals surface area contributed by atoms with E-state index in [9.17, 15) is 8.42 Å². The smallest absolute Gasteiger partial charge is 0.189 e. The number of fused-ring (bicyclic) bond motifs is 3. The first kappa shape index (κ1) is 11.4. The fourth-order valence-corrected chi connectivity index (χ4v) is 3.24. The molecule has 1 atom stereocenters. The third kappa shape index (κ3) is 1.42. The van der Waals surface area contributed by atoms with Crippen LogP contribution in [0.5, 0.6) is 0 Å². The van der Waals surface area contributed by atoms with E-state index in [-0.39, 0.29) is 6.04 Å². The maximum absolute atomic E-state index is 12.2. The molecule has 0 spiro atoms. The summed E-state index contributed by atoms with van der Waals surface area (Å²) >= 11 is 0. The SMILES string of the molecule is CN(C)S(=O)(=O)N1N=CC2=Cc3ccccc3C21. The molecular weight excluding hydrogens is 250 g/mol. The van der Waals surface area contributed by atoms with E-state index in [0.717, 1.165) is 16.7 Å². The van der Waals surface area contributed by atoms with Gasteiger partial charge in [-0.3, -0.25) is 0 Å². The highest BCUT2D eigenvalue weighted by Gasteiger charge is 2.40. The summed E-state index contributed by atoms with van der Waals surface area (Å²) in [5.41, 5.74) is 2.96. The Balaban J connectivity index is 2.10. The lowest BCUT2D eigenvalue weighted by atomic mass is 10.1. The van der Waals surface area contributed by atoms with E-state index in [1.54, 1.807) is 6.21 Å². The molecule has 1 unspecified atom stereocenters. The van der Waals surface area contributed by atoms with Crippen molar-refractivity contribution in [2.45, 2.75) is 6.04 Å². The lowest BCUT2D eigenvalue weighted by molar-refractivity contribution is 0.364. The minimum Gasteiger partial charge on any atom is -0.189 e. The topological polar surface area (TPSA) is 53.0 Å². The molecule has 94 valence electrons. The predicted octanol–water partition coefficient (Wildman–Crippen LogP) is 1.23. The van der Waals surface area contributed by atoms with Crippen LogP contribution in [0.25, 0.3) is 6.08 Å². The van der Waals surface area contributed by atoms with Crippen molar-refractivity contribution in [3.63, 3.8) is 0 Å². The van der Waals surface area contributed by atoms with Gasteiger partial charge >= 0.3 is 10.2 Å². The van der Waals surface area contributed by atoms with E-state index in [1.165, 1.54) is 22.8 Å². The molecule has 0 saturated heterocycles. The molecule has 0 bridgehead atoms. The van der Waals surface area contributed by atoms with E-state index >= 15 is 0 Å². The number of rotatable bonds is 2. The zero-order chi connectivity index (χ0) is 12.9. The van der Waals surface area contributed by atoms with Crippen molar-refractivity contribution in [3.05, 3.63) is 41.0 Å². The lowest BCUT2D eigenvalue weighted by Gasteiger charge is -2.25. The zero-order valence-electron chi connectivity index (χ0n) is 10.1. The average Bonchev–Trinajstić information content (AvgIpc) is 2.86. The Hall–Kier alpha value is -1.66. The average molecular weight is 263 g/mol. The van der Waals surface area contributed by atoms with Gasteiger partial charge in [-0.1, -0.05) is 24.3 Å². The van der Waals surface area contributed by atoms with Crippen molar-refractivity contribution >= 4 is 22.5 Å². The van der Waals surface area contributed by atoms with Crippen molar-refractivity contribution in [2.24, 2.45) is 5.10 Å².